The van der Waals surface area contributed by atoms with Crippen molar-refractivity contribution in [1.29, 1.82) is 0 Å². The van der Waals surface area contributed by atoms with Gasteiger partial charge in [-0.05, 0) is 42.5 Å². The van der Waals surface area contributed by atoms with E-state index in [0.29, 0.717) is 23.6 Å². The third-order valence-electron chi connectivity index (χ3n) is 4.29. The molecule has 0 aliphatic heterocycles. The van der Waals surface area contributed by atoms with E-state index in [1.807, 2.05) is 74.5 Å². The second kappa shape index (κ2) is 7.91. The van der Waals surface area contributed by atoms with Crippen LogP contribution >= 0.6 is 0 Å². The van der Waals surface area contributed by atoms with E-state index in [0.717, 1.165) is 16.3 Å². The van der Waals surface area contributed by atoms with Gasteiger partial charge in [0, 0.05) is 5.39 Å². The van der Waals surface area contributed by atoms with Crippen LogP contribution in [-0.4, -0.2) is 19.1 Å². The Morgan fingerprint density at radius 2 is 1.81 bits per heavy atom. The fourth-order valence-corrected chi connectivity index (χ4v) is 2.91. The summed E-state index contributed by atoms with van der Waals surface area (Å²) in [5.74, 6) is 1.15. The van der Waals surface area contributed by atoms with Gasteiger partial charge in [0.25, 0.3) is 5.91 Å². The van der Waals surface area contributed by atoms with Crippen molar-refractivity contribution in [2.75, 3.05) is 12.4 Å². The number of methoxy groups -OCH3 is 1. The molecule has 4 heteroatoms. The lowest BCUT2D eigenvalue weighted by Crippen LogP contribution is -2.32. The number of nitrogens with one attached hydrogen (secondary N) is 1. The average Bonchev–Trinajstić information content (AvgIpc) is 2.66. The lowest BCUT2D eigenvalue weighted by molar-refractivity contribution is -0.122. The molecule has 3 rings (SSSR count). The molecule has 0 saturated carbocycles. The van der Waals surface area contributed by atoms with Crippen LogP contribution in [0.1, 0.15) is 18.9 Å². The normalized spacial score (nSPS) is 11.8. The van der Waals surface area contributed by atoms with Gasteiger partial charge in [0.2, 0.25) is 0 Å². The number of rotatable bonds is 6. The van der Waals surface area contributed by atoms with E-state index in [4.69, 9.17) is 9.47 Å². The number of anilines is 1. The van der Waals surface area contributed by atoms with Crippen LogP contribution in [-0.2, 0) is 4.79 Å². The Hall–Kier alpha value is -3.01. The first kappa shape index (κ1) is 17.8. The number of hydrogen-bond donors (Lipinski definition) is 1. The molecule has 1 atom stereocenters. The second-order valence-electron chi connectivity index (χ2n) is 6.19. The highest BCUT2D eigenvalue weighted by atomic mass is 16.5. The summed E-state index contributed by atoms with van der Waals surface area (Å²) in [7, 11) is 1.59. The summed E-state index contributed by atoms with van der Waals surface area (Å²) in [5, 5.41) is 5.01. The summed E-state index contributed by atoms with van der Waals surface area (Å²) in [6.07, 6.45) is -0.0329. The Morgan fingerprint density at radius 3 is 2.58 bits per heavy atom. The summed E-state index contributed by atoms with van der Waals surface area (Å²) in [4.78, 5) is 12.8. The molecule has 0 aliphatic rings. The van der Waals surface area contributed by atoms with Crippen LogP contribution in [0.3, 0.4) is 0 Å². The molecule has 0 spiro atoms. The lowest BCUT2D eigenvalue weighted by Gasteiger charge is -2.19. The van der Waals surface area contributed by atoms with Gasteiger partial charge < -0.3 is 14.8 Å². The van der Waals surface area contributed by atoms with Crippen molar-refractivity contribution in [3.8, 4) is 11.5 Å². The van der Waals surface area contributed by atoms with Crippen LogP contribution in [0.4, 0.5) is 5.69 Å². The number of amides is 1. The van der Waals surface area contributed by atoms with Crippen LogP contribution < -0.4 is 14.8 Å². The first-order valence-electron chi connectivity index (χ1n) is 8.72. The monoisotopic (exact) mass is 349 g/mol. The van der Waals surface area contributed by atoms with E-state index in [1.54, 1.807) is 7.11 Å². The molecule has 1 N–H and O–H groups in total. The van der Waals surface area contributed by atoms with Gasteiger partial charge in [-0.15, -0.1) is 0 Å². The highest BCUT2D eigenvalue weighted by Gasteiger charge is 2.20. The Balaban J connectivity index is 1.82. The summed E-state index contributed by atoms with van der Waals surface area (Å²) >= 11 is 0. The topological polar surface area (TPSA) is 47.6 Å². The first-order chi connectivity index (χ1) is 12.6. The zero-order chi connectivity index (χ0) is 18.5. The van der Waals surface area contributed by atoms with Gasteiger partial charge in [0.05, 0.1) is 12.8 Å². The number of hydrogen-bond acceptors (Lipinski definition) is 3. The number of ether oxygens (including phenoxy) is 2. The predicted molar refractivity (Wildman–Crippen MR) is 105 cm³/mol. The van der Waals surface area contributed by atoms with Gasteiger partial charge in [-0.25, -0.2) is 0 Å². The number of carbonyl (C=O) groups is 1. The minimum Gasteiger partial charge on any atom is -0.495 e. The summed E-state index contributed by atoms with van der Waals surface area (Å²) < 4.78 is 11.4. The molecule has 0 radical (unpaired) electrons. The zero-order valence-corrected chi connectivity index (χ0v) is 15.3. The van der Waals surface area contributed by atoms with Crippen molar-refractivity contribution in [3.05, 3.63) is 66.2 Å². The highest BCUT2D eigenvalue weighted by molar-refractivity contribution is 5.96. The highest BCUT2D eigenvalue weighted by Crippen LogP contribution is 2.28. The van der Waals surface area contributed by atoms with Crippen molar-refractivity contribution in [1.82, 2.24) is 0 Å². The van der Waals surface area contributed by atoms with Crippen molar-refractivity contribution in [2.24, 2.45) is 0 Å². The summed E-state index contributed by atoms with van der Waals surface area (Å²) in [5.41, 5.74) is 1.70. The standard InChI is InChI=1S/C22H23NO3/c1-4-19(22(24)23-18-14-15(2)12-13-21(18)25-3)26-20-11-7-9-16-8-5-6-10-17(16)20/h5-14,19H,4H2,1-3H3,(H,23,24)/t19-/m0/s1. The number of carbonyl (C=O) groups excluding carboxylic acids is 1. The number of benzene rings is 3. The van der Waals surface area contributed by atoms with Gasteiger partial charge in [-0.2, -0.15) is 0 Å². The molecule has 0 aliphatic carbocycles. The molecule has 1 amide bonds. The maximum absolute atomic E-state index is 12.8. The third kappa shape index (κ3) is 3.80. The molecule has 3 aromatic rings. The Bertz CT molecular complexity index is 915. The fourth-order valence-electron chi connectivity index (χ4n) is 2.91. The van der Waals surface area contributed by atoms with Gasteiger partial charge in [-0.3, -0.25) is 4.79 Å². The first-order valence-corrected chi connectivity index (χ1v) is 8.72. The van der Waals surface area contributed by atoms with E-state index >= 15 is 0 Å². The van der Waals surface area contributed by atoms with Crippen LogP contribution in [0.2, 0.25) is 0 Å². The van der Waals surface area contributed by atoms with Gasteiger partial charge in [-0.1, -0.05) is 49.4 Å². The Morgan fingerprint density at radius 1 is 1.04 bits per heavy atom. The minimum atomic E-state index is -0.592. The molecule has 0 aromatic heterocycles. The summed E-state index contributed by atoms with van der Waals surface area (Å²) in [6.45, 7) is 3.90. The lowest BCUT2D eigenvalue weighted by atomic mass is 10.1. The Labute approximate surface area is 153 Å². The largest absolute Gasteiger partial charge is 0.495 e. The average molecular weight is 349 g/mol. The van der Waals surface area contributed by atoms with E-state index in [9.17, 15) is 4.79 Å². The van der Waals surface area contributed by atoms with Gasteiger partial charge in [0.15, 0.2) is 6.10 Å². The van der Waals surface area contributed by atoms with Crippen molar-refractivity contribution in [3.63, 3.8) is 0 Å². The summed E-state index contributed by atoms with van der Waals surface area (Å²) in [6, 6.07) is 19.5. The molecule has 3 aromatic carbocycles. The minimum absolute atomic E-state index is 0.190. The molecule has 0 unspecified atom stereocenters. The van der Waals surface area contributed by atoms with Crippen LogP contribution in [0.15, 0.2) is 60.7 Å². The van der Waals surface area contributed by atoms with Crippen LogP contribution in [0.25, 0.3) is 10.8 Å². The molecule has 0 heterocycles. The maximum Gasteiger partial charge on any atom is 0.265 e. The van der Waals surface area contributed by atoms with Crippen LogP contribution in [0.5, 0.6) is 11.5 Å². The predicted octanol–water partition coefficient (Wildman–Crippen LogP) is 4.95. The maximum atomic E-state index is 12.8. The smallest absolute Gasteiger partial charge is 0.265 e. The molecule has 134 valence electrons. The zero-order valence-electron chi connectivity index (χ0n) is 15.3. The molecule has 26 heavy (non-hydrogen) atoms. The van der Waals surface area contributed by atoms with E-state index in [1.165, 1.54) is 0 Å². The van der Waals surface area contributed by atoms with Crippen LogP contribution in [0, 0.1) is 6.92 Å². The molecule has 0 bridgehead atoms. The number of aryl methyl sites for hydroxylation is 1. The van der Waals surface area contributed by atoms with Gasteiger partial charge >= 0.3 is 0 Å². The van der Waals surface area contributed by atoms with Crippen molar-refractivity contribution >= 4 is 22.4 Å². The van der Waals surface area contributed by atoms with Gasteiger partial charge in [0.1, 0.15) is 11.5 Å². The van der Waals surface area contributed by atoms with E-state index < -0.39 is 6.10 Å². The molecular weight excluding hydrogens is 326 g/mol. The Kier molecular flexibility index (Phi) is 5.42. The molecular formula is C22H23NO3. The van der Waals surface area contributed by atoms with Crippen molar-refractivity contribution in [2.45, 2.75) is 26.4 Å². The second-order valence-corrected chi connectivity index (χ2v) is 6.19. The van der Waals surface area contributed by atoms with E-state index in [-0.39, 0.29) is 5.91 Å². The number of fused-ring (bicyclic) bond motifs is 1. The molecule has 0 saturated heterocycles. The third-order valence-corrected chi connectivity index (χ3v) is 4.29. The fraction of sp³-hybridized carbons (Fsp3) is 0.227. The SMILES string of the molecule is CC[C@H](Oc1cccc2ccccc12)C(=O)Nc1cc(C)ccc1OC. The molecule has 4 nitrogen and oxygen atoms in total. The molecule has 0 fully saturated rings. The quantitative estimate of drug-likeness (QED) is 0.685. The van der Waals surface area contributed by atoms with Crippen molar-refractivity contribution < 1.29 is 14.3 Å². The van der Waals surface area contributed by atoms with E-state index in [2.05, 4.69) is 5.32 Å².